The highest BCUT2D eigenvalue weighted by Gasteiger charge is 2.09. The van der Waals surface area contributed by atoms with E-state index in [2.05, 4.69) is 0 Å². The predicted octanol–water partition coefficient (Wildman–Crippen LogP) is 2.07. The Hall–Kier alpha value is -2.62. The van der Waals surface area contributed by atoms with Crippen LogP contribution in [0.1, 0.15) is 5.56 Å². The number of aromatic hydroxyl groups is 1. The topological polar surface area (TPSA) is 59.3 Å². The quantitative estimate of drug-likeness (QED) is 0.678. The van der Waals surface area contributed by atoms with Crippen molar-refractivity contribution < 1.29 is 5.11 Å². The van der Waals surface area contributed by atoms with Gasteiger partial charge in [0.2, 0.25) is 0 Å². The first-order valence-corrected chi connectivity index (χ1v) is 6.25. The van der Waals surface area contributed by atoms with Crippen LogP contribution in [0.15, 0.2) is 46.0 Å². The van der Waals surface area contributed by atoms with Gasteiger partial charge in [-0.3, -0.25) is 14.2 Å². The van der Waals surface area contributed by atoms with E-state index >= 15 is 0 Å². The van der Waals surface area contributed by atoms with Crippen LogP contribution in [0.25, 0.3) is 21.5 Å². The van der Waals surface area contributed by atoms with E-state index < -0.39 is 5.56 Å². The summed E-state index contributed by atoms with van der Waals surface area (Å²) in [6.07, 6.45) is 0. The van der Waals surface area contributed by atoms with E-state index in [-0.39, 0.29) is 11.3 Å². The molecule has 4 heteroatoms. The number of benzene rings is 2. The molecule has 0 unspecified atom stereocenters. The number of hydrogen-bond donors (Lipinski definition) is 1. The fourth-order valence-electron chi connectivity index (χ4n) is 2.47. The summed E-state index contributed by atoms with van der Waals surface area (Å²) in [5.74, 6) is 0.00788. The zero-order valence-corrected chi connectivity index (χ0v) is 11.2. The summed E-state index contributed by atoms with van der Waals surface area (Å²) in [4.78, 5) is 24.7. The molecular weight excluding hydrogens is 254 g/mol. The van der Waals surface area contributed by atoms with Crippen LogP contribution in [0.2, 0.25) is 0 Å². The summed E-state index contributed by atoms with van der Waals surface area (Å²) in [7, 11) is 1.45. The molecule has 2 aromatic carbocycles. The molecule has 0 aliphatic heterocycles. The SMILES string of the molecule is Cc1ccc2c(c1)c(=O)n(C)c(=O)c1cc(O)ccc12. The van der Waals surface area contributed by atoms with Crippen molar-refractivity contribution in [1.29, 1.82) is 0 Å². The first-order valence-electron chi connectivity index (χ1n) is 6.25. The number of aromatic nitrogens is 1. The molecule has 0 spiro atoms. The highest BCUT2D eigenvalue weighted by molar-refractivity contribution is 6.05. The van der Waals surface area contributed by atoms with Crippen LogP contribution < -0.4 is 11.1 Å². The van der Waals surface area contributed by atoms with Crippen molar-refractivity contribution in [3.05, 3.63) is 62.7 Å². The third-order valence-corrected chi connectivity index (χ3v) is 3.54. The fraction of sp³-hybridized carbons (Fsp3) is 0.125. The van der Waals surface area contributed by atoms with Gasteiger partial charge in [0.15, 0.2) is 0 Å². The van der Waals surface area contributed by atoms with E-state index in [0.29, 0.717) is 21.5 Å². The Morgan fingerprint density at radius 1 is 0.850 bits per heavy atom. The van der Waals surface area contributed by atoms with Gasteiger partial charge in [0.1, 0.15) is 5.75 Å². The number of rotatable bonds is 0. The number of nitrogens with zero attached hydrogens (tertiary/aromatic N) is 1. The smallest absolute Gasteiger partial charge is 0.261 e. The van der Waals surface area contributed by atoms with Crippen molar-refractivity contribution in [2.75, 3.05) is 0 Å². The molecule has 1 N–H and O–H groups in total. The number of phenols is 1. The molecule has 100 valence electrons. The summed E-state index contributed by atoms with van der Waals surface area (Å²) in [5.41, 5.74) is 0.222. The minimum Gasteiger partial charge on any atom is -0.508 e. The molecule has 0 bridgehead atoms. The Kier molecular flexibility index (Phi) is 2.61. The van der Waals surface area contributed by atoms with E-state index in [1.165, 1.54) is 19.2 Å². The molecule has 0 saturated carbocycles. The minimum absolute atomic E-state index is 0.00788. The molecular formula is C16H13NO3. The van der Waals surface area contributed by atoms with Crippen LogP contribution in [0.3, 0.4) is 0 Å². The maximum Gasteiger partial charge on any atom is 0.261 e. The van der Waals surface area contributed by atoms with Crippen LogP contribution in [0.4, 0.5) is 0 Å². The average molecular weight is 267 g/mol. The maximum absolute atomic E-state index is 12.4. The van der Waals surface area contributed by atoms with Crippen molar-refractivity contribution in [2.24, 2.45) is 7.05 Å². The van der Waals surface area contributed by atoms with Crippen molar-refractivity contribution in [2.45, 2.75) is 6.92 Å². The monoisotopic (exact) mass is 267 g/mol. The summed E-state index contributed by atoms with van der Waals surface area (Å²) < 4.78 is 1.09. The molecule has 20 heavy (non-hydrogen) atoms. The molecule has 3 rings (SSSR count). The van der Waals surface area contributed by atoms with Crippen LogP contribution in [0, 0.1) is 6.92 Å². The molecule has 1 heterocycles. The third-order valence-electron chi connectivity index (χ3n) is 3.54. The van der Waals surface area contributed by atoms with Crippen LogP contribution >= 0.6 is 0 Å². The number of fused-ring (bicyclic) bond motifs is 3. The van der Waals surface area contributed by atoms with Gasteiger partial charge in [-0.2, -0.15) is 0 Å². The summed E-state index contributed by atoms with van der Waals surface area (Å²) >= 11 is 0. The van der Waals surface area contributed by atoms with E-state index in [4.69, 9.17) is 0 Å². The molecule has 0 fully saturated rings. The van der Waals surface area contributed by atoms with Crippen LogP contribution in [-0.2, 0) is 7.05 Å². The molecule has 1 aromatic heterocycles. The summed E-state index contributed by atoms with van der Waals surface area (Å²) in [6, 6.07) is 10.1. The van der Waals surface area contributed by atoms with E-state index in [0.717, 1.165) is 10.1 Å². The zero-order chi connectivity index (χ0) is 14.4. The zero-order valence-electron chi connectivity index (χ0n) is 11.2. The van der Waals surface area contributed by atoms with Crippen molar-refractivity contribution in [3.63, 3.8) is 0 Å². The normalized spacial score (nSPS) is 11.1. The van der Waals surface area contributed by atoms with Gasteiger partial charge in [0.05, 0.1) is 5.39 Å². The summed E-state index contributed by atoms with van der Waals surface area (Å²) in [6.45, 7) is 1.90. The lowest BCUT2D eigenvalue weighted by Crippen LogP contribution is -2.26. The van der Waals surface area contributed by atoms with Gasteiger partial charge in [-0.1, -0.05) is 17.7 Å². The van der Waals surface area contributed by atoms with Gasteiger partial charge in [0, 0.05) is 12.4 Å². The predicted molar refractivity (Wildman–Crippen MR) is 79.4 cm³/mol. The Balaban J connectivity index is 2.80. The highest BCUT2D eigenvalue weighted by Crippen LogP contribution is 2.23. The average Bonchev–Trinajstić information content (AvgIpc) is 2.51. The molecule has 0 atom stereocenters. The van der Waals surface area contributed by atoms with Crippen molar-refractivity contribution >= 4 is 21.5 Å². The first-order chi connectivity index (χ1) is 9.49. The first kappa shape index (κ1) is 12.4. The second-order valence-electron chi connectivity index (χ2n) is 4.95. The number of phenolic OH excluding ortho intramolecular Hbond substituents is 1. The number of aryl methyl sites for hydroxylation is 1. The molecule has 4 nitrogen and oxygen atoms in total. The Morgan fingerprint density at radius 2 is 1.40 bits per heavy atom. The Labute approximate surface area is 114 Å². The van der Waals surface area contributed by atoms with Gasteiger partial charge in [-0.05, 0) is 42.0 Å². The lowest BCUT2D eigenvalue weighted by atomic mass is 10.1. The lowest BCUT2D eigenvalue weighted by molar-refractivity contribution is 0.476. The van der Waals surface area contributed by atoms with Crippen LogP contribution in [-0.4, -0.2) is 9.67 Å². The summed E-state index contributed by atoms with van der Waals surface area (Å²) in [5, 5.41) is 11.8. The number of hydrogen-bond acceptors (Lipinski definition) is 3. The van der Waals surface area contributed by atoms with Gasteiger partial charge < -0.3 is 5.11 Å². The van der Waals surface area contributed by atoms with Gasteiger partial charge in [-0.25, -0.2) is 0 Å². The van der Waals surface area contributed by atoms with E-state index in [1.54, 1.807) is 12.1 Å². The Bertz CT molecular complexity index is 892. The molecule has 3 aromatic rings. The van der Waals surface area contributed by atoms with Gasteiger partial charge in [-0.15, -0.1) is 0 Å². The van der Waals surface area contributed by atoms with Crippen molar-refractivity contribution in [1.82, 2.24) is 4.57 Å². The lowest BCUT2D eigenvalue weighted by Gasteiger charge is -1.98. The fourth-order valence-corrected chi connectivity index (χ4v) is 2.47. The molecule has 0 radical (unpaired) electrons. The highest BCUT2D eigenvalue weighted by atomic mass is 16.3. The second kappa shape index (κ2) is 4.20. The minimum atomic E-state index is -0.408. The Morgan fingerprint density at radius 3 is 2.05 bits per heavy atom. The molecule has 0 aliphatic rings. The molecule has 0 saturated heterocycles. The third kappa shape index (κ3) is 1.69. The second-order valence-corrected chi connectivity index (χ2v) is 4.95. The maximum atomic E-state index is 12.4. The van der Waals surface area contributed by atoms with Crippen LogP contribution in [0.5, 0.6) is 5.75 Å². The largest absolute Gasteiger partial charge is 0.508 e. The van der Waals surface area contributed by atoms with Gasteiger partial charge >= 0.3 is 0 Å². The molecule has 0 amide bonds. The van der Waals surface area contributed by atoms with Gasteiger partial charge in [0.25, 0.3) is 11.1 Å². The molecule has 0 aliphatic carbocycles. The standard InChI is InChI=1S/C16H13NO3/c1-9-3-5-11-12-6-4-10(18)8-14(12)16(20)17(2)15(19)13(11)7-9/h3-8,18H,1-2H3. The van der Waals surface area contributed by atoms with E-state index in [1.807, 2.05) is 19.1 Å². The van der Waals surface area contributed by atoms with E-state index in [9.17, 15) is 14.7 Å². The van der Waals surface area contributed by atoms with Crippen molar-refractivity contribution in [3.8, 4) is 5.75 Å².